The number of amidine groups is 1. The van der Waals surface area contributed by atoms with E-state index in [0.29, 0.717) is 0 Å². The molecule has 0 bridgehead atoms. The molecule has 3 heteroatoms. The lowest BCUT2D eigenvalue weighted by molar-refractivity contribution is 0.0585. The second-order valence-corrected chi connectivity index (χ2v) is 3.71. The standard InChI is InChI=1S/C11H12N2O/c14-11-9-5-2-1-4-8(9)10-12-6-3-7-13(10)11/h1-2,4-5,11,14H,3,6-7H2. The fourth-order valence-corrected chi connectivity index (χ4v) is 2.19. The van der Waals surface area contributed by atoms with Crippen LogP contribution in [0.5, 0.6) is 0 Å². The Morgan fingerprint density at radius 3 is 3.14 bits per heavy atom. The summed E-state index contributed by atoms with van der Waals surface area (Å²) in [6.07, 6.45) is 0.555. The molecular weight excluding hydrogens is 176 g/mol. The third-order valence-corrected chi connectivity index (χ3v) is 2.87. The Kier molecular flexibility index (Phi) is 1.61. The minimum Gasteiger partial charge on any atom is -0.369 e. The van der Waals surface area contributed by atoms with Gasteiger partial charge in [0.2, 0.25) is 0 Å². The molecule has 2 aliphatic heterocycles. The Morgan fingerprint density at radius 2 is 2.21 bits per heavy atom. The Morgan fingerprint density at radius 1 is 1.36 bits per heavy atom. The fraction of sp³-hybridized carbons (Fsp3) is 0.364. The molecule has 0 fully saturated rings. The van der Waals surface area contributed by atoms with E-state index in [1.807, 2.05) is 29.2 Å². The highest BCUT2D eigenvalue weighted by Crippen LogP contribution is 2.33. The third kappa shape index (κ3) is 0.930. The molecule has 1 atom stereocenters. The van der Waals surface area contributed by atoms with Crippen molar-refractivity contribution in [2.75, 3.05) is 13.1 Å². The number of benzene rings is 1. The van der Waals surface area contributed by atoms with Gasteiger partial charge < -0.3 is 10.0 Å². The second kappa shape index (κ2) is 2.82. The molecule has 1 aromatic rings. The minimum atomic E-state index is -0.481. The van der Waals surface area contributed by atoms with Crippen LogP contribution >= 0.6 is 0 Å². The van der Waals surface area contributed by atoms with Crippen molar-refractivity contribution in [2.45, 2.75) is 12.6 Å². The van der Waals surface area contributed by atoms with Crippen LogP contribution in [0.3, 0.4) is 0 Å². The van der Waals surface area contributed by atoms with E-state index in [0.717, 1.165) is 36.5 Å². The molecule has 0 aromatic heterocycles. The van der Waals surface area contributed by atoms with Gasteiger partial charge in [0.1, 0.15) is 5.84 Å². The molecule has 0 spiro atoms. The molecule has 2 heterocycles. The first-order chi connectivity index (χ1) is 6.88. The predicted molar refractivity (Wildman–Crippen MR) is 54.1 cm³/mol. The molecule has 0 saturated carbocycles. The number of aliphatic hydroxyl groups is 1. The fourth-order valence-electron chi connectivity index (χ4n) is 2.19. The number of nitrogens with zero attached hydrogens (tertiary/aromatic N) is 2. The van der Waals surface area contributed by atoms with E-state index >= 15 is 0 Å². The van der Waals surface area contributed by atoms with Crippen LogP contribution in [0, 0.1) is 0 Å². The van der Waals surface area contributed by atoms with Crippen LogP contribution in [0.4, 0.5) is 0 Å². The maximum Gasteiger partial charge on any atom is 0.155 e. The molecule has 72 valence electrons. The first-order valence-corrected chi connectivity index (χ1v) is 4.96. The van der Waals surface area contributed by atoms with Crippen molar-refractivity contribution in [3.05, 3.63) is 35.4 Å². The van der Waals surface area contributed by atoms with Crippen LogP contribution in [0.15, 0.2) is 29.3 Å². The summed E-state index contributed by atoms with van der Waals surface area (Å²) < 4.78 is 0. The molecule has 0 amide bonds. The van der Waals surface area contributed by atoms with Crippen LogP contribution in [0.1, 0.15) is 23.8 Å². The Bertz CT molecular complexity index is 400. The Hall–Kier alpha value is -1.35. The zero-order valence-corrected chi connectivity index (χ0v) is 7.85. The summed E-state index contributed by atoms with van der Waals surface area (Å²) in [5.41, 5.74) is 2.09. The van der Waals surface area contributed by atoms with Crippen LogP contribution in [-0.4, -0.2) is 28.9 Å². The maximum absolute atomic E-state index is 10.0. The lowest BCUT2D eigenvalue weighted by atomic mass is 10.1. The van der Waals surface area contributed by atoms with Gasteiger partial charge in [0.15, 0.2) is 6.23 Å². The highest BCUT2D eigenvalue weighted by atomic mass is 16.3. The largest absolute Gasteiger partial charge is 0.369 e. The van der Waals surface area contributed by atoms with E-state index in [9.17, 15) is 5.11 Å². The van der Waals surface area contributed by atoms with E-state index in [1.54, 1.807) is 0 Å². The van der Waals surface area contributed by atoms with Gasteiger partial charge in [-0.2, -0.15) is 0 Å². The van der Waals surface area contributed by atoms with Crippen LogP contribution in [0.2, 0.25) is 0 Å². The van der Waals surface area contributed by atoms with Crippen molar-refractivity contribution in [1.82, 2.24) is 4.90 Å². The van der Waals surface area contributed by atoms with Crippen LogP contribution in [0.25, 0.3) is 0 Å². The summed E-state index contributed by atoms with van der Waals surface area (Å²) in [7, 11) is 0. The quantitative estimate of drug-likeness (QED) is 0.662. The molecule has 1 aromatic carbocycles. The normalized spacial score (nSPS) is 24.2. The summed E-state index contributed by atoms with van der Waals surface area (Å²) in [4.78, 5) is 6.45. The third-order valence-electron chi connectivity index (χ3n) is 2.87. The van der Waals surface area contributed by atoms with Gasteiger partial charge in [0.05, 0.1) is 0 Å². The Labute approximate surface area is 82.7 Å². The van der Waals surface area contributed by atoms with E-state index in [2.05, 4.69) is 4.99 Å². The van der Waals surface area contributed by atoms with Crippen LogP contribution in [-0.2, 0) is 0 Å². The number of hydrogen-bond acceptors (Lipinski definition) is 3. The van der Waals surface area contributed by atoms with Gasteiger partial charge in [0.25, 0.3) is 0 Å². The number of aliphatic imine (C=N–C) groups is 1. The average molecular weight is 188 g/mol. The zero-order valence-electron chi connectivity index (χ0n) is 7.85. The van der Waals surface area contributed by atoms with Crippen molar-refractivity contribution in [3.8, 4) is 0 Å². The van der Waals surface area contributed by atoms with Crippen LogP contribution < -0.4 is 0 Å². The van der Waals surface area contributed by atoms with Gasteiger partial charge in [-0.15, -0.1) is 0 Å². The monoisotopic (exact) mass is 188 g/mol. The summed E-state index contributed by atoms with van der Waals surface area (Å²) in [5, 5.41) is 10.0. The molecule has 0 aliphatic carbocycles. The van der Waals surface area contributed by atoms with E-state index in [1.165, 1.54) is 0 Å². The highest BCUT2D eigenvalue weighted by molar-refractivity contribution is 6.03. The average Bonchev–Trinajstić information content (AvgIpc) is 2.55. The van der Waals surface area contributed by atoms with Crippen molar-refractivity contribution >= 4 is 5.84 Å². The summed E-state index contributed by atoms with van der Waals surface area (Å²) >= 11 is 0. The first kappa shape index (κ1) is 8.00. The molecule has 0 radical (unpaired) electrons. The summed E-state index contributed by atoms with van der Waals surface area (Å²) in [6, 6.07) is 7.96. The molecule has 1 N–H and O–H groups in total. The van der Waals surface area contributed by atoms with E-state index < -0.39 is 6.23 Å². The lowest BCUT2D eigenvalue weighted by Crippen LogP contribution is -2.33. The summed E-state index contributed by atoms with van der Waals surface area (Å²) in [6.45, 7) is 1.79. The molecule has 2 aliphatic rings. The molecule has 1 unspecified atom stereocenters. The number of rotatable bonds is 0. The smallest absolute Gasteiger partial charge is 0.155 e. The number of hydrogen-bond donors (Lipinski definition) is 1. The molecule has 3 nitrogen and oxygen atoms in total. The van der Waals surface area contributed by atoms with Gasteiger partial charge in [0, 0.05) is 24.2 Å². The topological polar surface area (TPSA) is 35.8 Å². The summed E-state index contributed by atoms with van der Waals surface area (Å²) in [5.74, 6) is 0.972. The van der Waals surface area contributed by atoms with Gasteiger partial charge in [-0.3, -0.25) is 4.99 Å². The van der Waals surface area contributed by atoms with Gasteiger partial charge in [-0.05, 0) is 6.42 Å². The zero-order chi connectivity index (χ0) is 9.54. The van der Waals surface area contributed by atoms with E-state index in [-0.39, 0.29) is 0 Å². The van der Waals surface area contributed by atoms with Crippen molar-refractivity contribution < 1.29 is 5.11 Å². The van der Waals surface area contributed by atoms with Gasteiger partial charge in [-0.25, -0.2) is 0 Å². The molecular formula is C11H12N2O. The van der Waals surface area contributed by atoms with Crippen molar-refractivity contribution in [2.24, 2.45) is 4.99 Å². The highest BCUT2D eigenvalue weighted by Gasteiger charge is 2.33. The minimum absolute atomic E-state index is 0.481. The number of aliphatic hydroxyl groups excluding tert-OH is 1. The lowest BCUT2D eigenvalue weighted by Gasteiger charge is -2.26. The maximum atomic E-state index is 10.0. The predicted octanol–water partition coefficient (Wildman–Crippen LogP) is 1.14. The SMILES string of the molecule is OC1c2ccccc2C2=NCCCN21. The Balaban J connectivity index is 2.18. The first-order valence-electron chi connectivity index (χ1n) is 4.96. The molecule has 14 heavy (non-hydrogen) atoms. The van der Waals surface area contributed by atoms with Crippen molar-refractivity contribution in [3.63, 3.8) is 0 Å². The molecule has 3 rings (SSSR count). The molecule has 0 saturated heterocycles. The van der Waals surface area contributed by atoms with Crippen molar-refractivity contribution in [1.29, 1.82) is 0 Å². The van der Waals surface area contributed by atoms with Gasteiger partial charge in [-0.1, -0.05) is 24.3 Å². The number of fused-ring (bicyclic) bond motifs is 3. The van der Waals surface area contributed by atoms with Gasteiger partial charge >= 0.3 is 0 Å². The second-order valence-electron chi connectivity index (χ2n) is 3.71. The van der Waals surface area contributed by atoms with E-state index in [4.69, 9.17) is 0 Å².